The summed E-state index contributed by atoms with van der Waals surface area (Å²) in [6, 6.07) is 7.62. The first-order chi connectivity index (χ1) is 15.0. The SMILES string of the molecule is Cc1cc(C(=O)N2CCN3C(=O)C4=CC5C=CNC5N4CC32c2ccc(F)cc2)no1. The van der Waals surface area contributed by atoms with E-state index in [2.05, 4.69) is 10.5 Å². The summed E-state index contributed by atoms with van der Waals surface area (Å²) in [6.45, 7) is 2.81. The van der Waals surface area contributed by atoms with Crippen LogP contribution in [-0.4, -0.2) is 57.5 Å². The van der Waals surface area contributed by atoms with Crippen molar-refractivity contribution < 1.29 is 18.5 Å². The predicted molar refractivity (Wildman–Crippen MR) is 106 cm³/mol. The molecule has 31 heavy (non-hydrogen) atoms. The summed E-state index contributed by atoms with van der Waals surface area (Å²) in [5.41, 5.74) is 0.429. The number of benzene rings is 1. The molecule has 9 heteroatoms. The van der Waals surface area contributed by atoms with Gasteiger partial charge in [-0.25, -0.2) is 4.39 Å². The Labute approximate surface area is 177 Å². The summed E-state index contributed by atoms with van der Waals surface area (Å²) in [4.78, 5) is 32.5. The quantitative estimate of drug-likeness (QED) is 0.792. The Kier molecular flexibility index (Phi) is 3.63. The van der Waals surface area contributed by atoms with Crippen molar-refractivity contribution in [3.8, 4) is 0 Å². The Morgan fingerprint density at radius 2 is 2.10 bits per heavy atom. The van der Waals surface area contributed by atoms with E-state index in [1.807, 2.05) is 23.3 Å². The summed E-state index contributed by atoms with van der Waals surface area (Å²) in [5, 5.41) is 7.21. The second-order valence-corrected chi connectivity index (χ2v) is 8.29. The minimum absolute atomic E-state index is 0.0785. The van der Waals surface area contributed by atoms with E-state index in [9.17, 15) is 14.0 Å². The zero-order chi connectivity index (χ0) is 21.3. The minimum atomic E-state index is -1.08. The van der Waals surface area contributed by atoms with Gasteiger partial charge in [0.2, 0.25) is 0 Å². The molecule has 0 bridgehead atoms. The van der Waals surface area contributed by atoms with Crippen molar-refractivity contribution in [1.82, 2.24) is 25.2 Å². The van der Waals surface area contributed by atoms with Crippen molar-refractivity contribution in [3.05, 3.63) is 77.2 Å². The molecule has 4 aliphatic heterocycles. The number of piperazine rings is 1. The van der Waals surface area contributed by atoms with Crippen LogP contribution in [0.2, 0.25) is 0 Å². The van der Waals surface area contributed by atoms with Crippen LogP contribution in [0.5, 0.6) is 0 Å². The van der Waals surface area contributed by atoms with Crippen LogP contribution < -0.4 is 5.32 Å². The van der Waals surface area contributed by atoms with Gasteiger partial charge in [0, 0.05) is 30.6 Å². The topological polar surface area (TPSA) is 81.9 Å². The smallest absolute Gasteiger partial charge is 0.278 e. The van der Waals surface area contributed by atoms with Gasteiger partial charge in [0.1, 0.15) is 23.4 Å². The third kappa shape index (κ3) is 2.37. The molecular weight excluding hydrogens is 401 g/mol. The van der Waals surface area contributed by atoms with Crippen molar-refractivity contribution in [2.24, 2.45) is 5.92 Å². The van der Waals surface area contributed by atoms with Gasteiger partial charge in [0.15, 0.2) is 11.4 Å². The monoisotopic (exact) mass is 421 g/mol. The second-order valence-electron chi connectivity index (χ2n) is 8.29. The van der Waals surface area contributed by atoms with E-state index in [0.29, 0.717) is 36.7 Å². The van der Waals surface area contributed by atoms with Gasteiger partial charge in [-0.05, 0) is 31.3 Å². The van der Waals surface area contributed by atoms with Crippen LogP contribution in [-0.2, 0) is 10.5 Å². The molecule has 0 aliphatic carbocycles. The molecule has 2 fully saturated rings. The van der Waals surface area contributed by atoms with Crippen molar-refractivity contribution in [1.29, 1.82) is 0 Å². The molecule has 2 saturated heterocycles. The van der Waals surface area contributed by atoms with Gasteiger partial charge < -0.3 is 24.5 Å². The number of aryl methyl sites for hydroxylation is 1. The summed E-state index contributed by atoms with van der Waals surface area (Å²) < 4.78 is 18.9. The highest BCUT2D eigenvalue weighted by molar-refractivity contribution is 5.98. The molecule has 2 aromatic rings. The van der Waals surface area contributed by atoms with Crippen molar-refractivity contribution in [2.75, 3.05) is 19.6 Å². The van der Waals surface area contributed by atoms with Gasteiger partial charge >= 0.3 is 0 Å². The molecule has 3 atom stereocenters. The molecule has 158 valence electrons. The Balaban J connectivity index is 1.50. The number of rotatable bonds is 2. The highest BCUT2D eigenvalue weighted by Gasteiger charge is 2.60. The number of amides is 2. The number of nitrogens with zero attached hydrogens (tertiary/aromatic N) is 4. The maximum absolute atomic E-state index is 13.8. The molecule has 8 nitrogen and oxygen atoms in total. The van der Waals surface area contributed by atoms with E-state index < -0.39 is 5.66 Å². The van der Waals surface area contributed by atoms with Crippen LogP contribution in [0.1, 0.15) is 21.8 Å². The van der Waals surface area contributed by atoms with Gasteiger partial charge in [-0.1, -0.05) is 23.4 Å². The highest BCUT2D eigenvalue weighted by Crippen LogP contribution is 2.47. The van der Waals surface area contributed by atoms with Crippen LogP contribution in [0.3, 0.4) is 0 Å². The maximum Gasteiger partial charge on any atom is 0.278 e. The lowest BCUT2D eigenvalue weighted by Crippen LogP contribution is -2.66. The van der Waals surface area contributed by atoms with Crippen molar-refractivity contribution >= 4 is 11.8 Å². The van der Waals surface area contributed by atoms with E-state index in [-0.39, 0.29) is 35.4 Å². The normalized spacial score (nSPS) is 28.4. The van der Waals surface area contributed by atoms with Gasteiger partial charge in [0.05, 0.1) is 6.54 Å². The number of nitrogens with one attached hydrogen (secondary N) is 1. The fourth-order valence-electron chi connectivity index (χ4n) is 5.26. The molecule has 0 saturated carbocycles. The van der Waals surface area contributed by atoms with E-state index >= 15 is 0 Å². The molecule has 0 spiro atoms. The second kappa shape index (κ2) is 6.19. The molecular formula is C22H20FN5O3. The number of halogens is 1. The molecule has 3 unspecified atom stereocenters. The van der Waals surface area contributed by atoms with Gasteiger partial charge in [0.25, 0.3) is 11.8 Å². The Morgan fingerprint density at radius 3 is 2.84 bits per heavy atom. The van der Waals surface area contributed by atoms with E-state index in [4.69, 9.17) is 4.52 Å². The summed E-state index contributed by atoms with van der Waals surface area (Å²) in [6.07, 6.45) is 5.81. The summed E-state index contributed by atoms with van der Waals surface area (Å²) in [5.74, 6) is -0.209. The average molecular weight is 421 g/mol. The lowest BCUT2D eigenvalue weighted by molar-refractivity contribution is -0.145. The van der Waals surface area contributed by atoms with Crippen molar-refractivity contribution in [3.63, 3.8) is 0 Å². The van der Waals surface area contributed by atoms with Crippen LogP contribution in [0.4, 0.5) is 4.39 Å². The Hall–Kier alpha value is -3.62. The molecule has 1 aromatic heterocycles. The summed E-state index contributed by atoms with van der Waals surface area (Å²) >= 11 is 0. The summed E-state index contributed by atoms with van der Waals surface area (Å²) in [7, 11) is 0. The highest BCUT2D eigenvalue weighted by atomic mass is 19.1. The van der Waals surface area contributed by atoms with Gasteiger partial charge in [-0.3, -0.25) is 9.59 Å². The van der Waals surface area contributed by atoms with E-state index in [1.165, 1.54) is 12.1 Å². The zero-order valence-electron chi connectivity index (χ0n) is 16.8. The Morgan fingerprint density at radius 1 is 1.29 bits per heavy atom. The van der Waals surface area contributed by atoms with Gasteiger partial charge in [-0.2, -0.15) is 0 Å². The molecule has 4 aliphatic rings. The number of carbonyl (C=O) groups excluding carboxylic acids is 2. The van der Waals surface area contributed by atoms with E-state index in [0.717, 1.165) is 0 Å². The van der Waals surface area contributed by atoms with Crippen LogP contribution in [0.15, 0.2) is 58.9 Å². The van der Waals surface area contributed by atoms with E-state index in [1.54, 1.807) is 34.9 Å². The molecule has 1 aromatic carbocycles. The van der Waals surface area contributed by atoms with Gasteiger partial charge in [-0.15, -0.1) is 0 Å². The first-order valence-electron chi connectivity index (χ1n) is 10.2. The zero-order valence-corrected chi connectivity index (χ0v) is 16.8. The van der Waals surface area contributed by atoms with Crippen molar-refractivity contribution in [2.45, 2.75) is 18.8 Å². The standard InChI is InChI=1S/C22H20FN5O3/c1-13-10-17(25-31-13)20(29)27-8-9-28-21(30)18-11-14-6-7-24-19(14)26(18)12-22(27,28)15-2-4-16(23)5-3-15/h2-7,10-11,14,19,24H,8-9,12H2,1H3. The largest absolute Gasteiger partial charge is 0.371 e. The predicted octanol–water partition coefficient (Wildman–Crippen LogP) is 1.53. The first kappa shape index (κ1) is 18.2. The van der Waals surface area contributed by atoms with Crippen LogP contribution >= 0.6 is 0 Å². The third-order valence-electron chi connectivity index (χ3n) is 6.64. The molecule has 6 rings (SSSR count). The number of hydrogen-bond donors (Lipinski definition) is 1. The minimum Gasteiger partial charge on any atom is -0.371 e. The fourth-order valence-corrected chi connectivity index (χ4v) is 5.26. The van der Waals surface area contributed by atoms with Crippen LogP contribution in [0.25, 0.3) is 0 Å². The Bertz CT molecular complexity index is 1160. The molecule has 0 radical (unpaired) electrons. The number of carbonyl (C=O) groups is 2. The number of fused-ring (bicyclic) bond motifs is 4. The first-order valence-corrected chi connectivity index (χ1v) is 10.2. The van der Waals surface area contributed by atoms with Crippen LogP contribution in [0, 0.1) is 18.7 Å². The fraction of sp³-hybridized carbons (Fsp3) is 0.318. The average Bonchev–Trinajstić information content (AvgIpc) is 3.52. The number of aromatic nitrogens is 1. The lowest BCUT2D eigenvalue weighted by Gasteiger charge is -2.51. The lowest BCUT2D eigenvalue weighted by atomic mass is 9.92. The third-order valence-corrected chi connectivity index (χ3v) is 6.64. The molecule has 5 heterocycles. The molecule has 2 amide bonds. The molecule has 1 N–H and O–H groups in total. The maximum atomic E-state index is 13.8. The number of hydrogen-bond acceptors (Lipinski definition) is 6.